The molecule has 1 aromatic heterocycles. The SMILES string of the molecule is CN(c1ccc(OCC(=O)NCCOc2ccc(Cl)cc2)cc1)S(=O)(=O)c1cccs1. The highest BCUT2D eigenvalue weighted by molar-refractivity contribution is 7.94. The highest BCUT2D eigenvalue weighted by atomic mass is 35.5. The summed E-state index contributed by atoms with van der Waals surface area (Å²) in [6.07, 6.45) is 0. The Hall–Kier alpha value is -2.75. The second-order valence-electron chi connectivity index (χ2n) is 6.34. The smallest absolute Gasteiger partial charge is 0.273 e. The average molecular weight is 481 g/mol. The molecule has 0 bridgehead atoms. The minimum absolute atomic E-state index is 0.163. The normalized spacial score (nSPS) is 11.0. The number of ether oxygens (including phenoxy) is 2. The van der Waals surface area contributed by atoms with Crippen LogP contribution in [0.25, 0.3) is 0 Å². The van der Waals surface area contributed by atoms with Crippen molar-refractivity contribution in [1.29, 1.82) is 0 Å². The number of carbonyl (C=O) groups is 1. The van der Waals surface area contributed by atoms with Crippen LogP contribution in [0.3, 0.4) is 0 Å². The van der Waals surface area contributed by atoms with Crippen LogP contribution in [0.5, 0.6) is 11.5 Å². The third-order valence-electron chi connectivity index (χ3n) is 4.19. The Morgan fingerprint density at radius 2 is 1.68 bits per heavy atom. The van der Waals surface area contributed by atoms with Gasteiger partial charge < -0.3 is 14.8 Å². The number of carbonyl (C=O) groups excluding carboxylic acids is 1. The van der Waals surface area contributed by atoms with E-state index < -0.39 is 10.0 Å². The predicted octanol–water partition coefficient (Wildman–Crippen LogP) is 3.80. The lowest BCUT2D eigenvalue weighted by Crippen LogP contribution is -2.32. The van der Waals surface area contributed by atoms with Gasteiger partial charge in [0.1, 0.15) is 22.3 Å². The third kappa shape index (κ3) is 6.36. The van der Waals surface area contributed by atoms with E-state index in [-0.39, 0.29) is 16.7 Å². The molecular weight excluding hydrogens is 460 g/mol. The molecule has 3 rings (SSSR count). The van der Waals surface area contributed by atoms with Crippen molar-refractivity contribution in [2.45, 2.75) is 4.21 Å². The first-order chi connectivity index (χ1) is 14.9. The molecule has 0 atom stereocenters. The zero-order valence-electron chi connectivity index (χ0n) is 16.7. The van der Waals surface area contributed by atoms with E-state index in [1.54, 1.807) is 66.0 Å². The fourth-order valence-electron chi connectivity index (χ4n) is 2.53. The summed E-state index contributed by atoms with van der Waals surface area (Å²) >= 11 is 6.97. The van der Waals surface area contributed by atoms with E-state index in [4.69, 9.17) is 21.1 Å². The number of amides is 1. The summed E-state index contributed by atoms with van der Waals surface area (Å²) in [5.74, 6) is 0.834. The Labute approximate surface area is 190 Å². The number of nitrogens with zero attached hydrogens (tertiary/aromatic N) is 1. The fourth-order valence-corrected chi connectivity index (χ4v) is 5.01. The zero-order chi connectivity index (χ0) is 22.3. The van der Waals surface area contributed by atoms with E-state index in [1.807, 2.05) is 0 Å². The van der Waals surface area contributed by atoms with Gasteiger partial charge >= 0.3 is 0 Å². The molecule has 1 heterocycles. The molecule has 10 heteroatoms. The van der Waals surface area contributed by atoms with Crippen molar-refractivity contribution in [1.82, 2.24) is 5.32 Å². The van der Waals surface area contributed by atoms with Gasteiger partial charge in [0.15, 0.2) is 6.61 Å². The van der Waals surface area contributed by atoms with Gasteiger partial charge in [-0.25, -0.2) is 8.42 Å². The lowest BCUT2D eigenvalue weighted by molar-refractivity contribution is -0.123. The summed E-state index contributed by atoms with van der Waals surface area (Å²) in [6.45, 7) is 0.478. The maximum Gasteiger partial charge on any atom is 0.273 e. The maximum atomic E-state index is 12.6. The number of halogens is 1. The van der Waals surface area contributed by atoms with Crippen molar-refractivity contribution in [2.75, 3.05) is 31.1 Å². The van der Waals surface area contributed by atoms with Crippen molar-refractivity contribution in [3.63, 3.8) is 0 Å². The summed E-state index contributed by atoms with van der Waals surface area (Å²) in [5.41, 5.74) is 0.490. The predicted molar refractivity (Wildman–Crippen MR) is 122 cm³/mol. The van der Waals surface area contributed by atoms with Crippen molar-refractivity contribution in [2.24, 2.45) is 0 Å². The average Bonchev–Trinajstić information content (AvgIpc) is 3.32. The summed E-state index contributed by atoms with van der Waals surface area (Å²) in [6, 6.07) is 16.7. The van der Waals surface area contributed by atoms with Crippen LogP contribution in [0.15, 0.2) is 70.3 Å². The maximum absolute atomic E-state index is 12.6. The second kappa shape index (κ2) is 10.5. The number of rotatable bonds is 10. The molecule has 164 valence electrons. The molecular formula is C21H21ClN2O5S2. The van der Waals surface area contributed by atoms with E-state index in [0.717, 1.165) is 11.3 Å². The van der Waals surface area contributed by atoms with Crippen LogP contribution in [-0.4, -0.2) is 41.1 Å². The van der Waals surface area contributed by atoms with Gasteiger partial charge in [0.2, 0.25) is 0 Å². The van der Waals surface area contributed by atoms with Gasteiger partial charge in [0, 0.05) is 12.1 Å². The number of benzene rings is 2. The molecule has 0 radical (unpaired) electrons. The van der Waals surface area contributed by atoms with Crippen LogP contribution in [0.4, 0.5) is 5.69 Å². The van der Waals surface area contributed by atoms with E-state index >= 15 is 0 Å². The summed E-state index contributed by atoms with van der Waals surface area (Å²) < 4.78 is 37.5. The van der Waals surface area contributed by atoms with Crippen LogP contribution in [0, 0.1) is 0 Å². The largest absolute Gasteiger partial charge is 0.492 e. The molecule has 31 heavy (non-hydrogen) atoms. The number of thiophene rings is 1. The third-order valence-corrected chi connectivity index (χ3v) is 7.60. The number of sulfonamides is 1. The van der Waals surface area contributed by atoms with Crippen molar-refractivity contribution < 1.29 is 22.7 Å². The highest BCUT2D eigenvalue weighted by Gasteiger charge is 2.22. The lowest BCUT2D eigenvalue weighted by Gasteiger charge is -2.18. The molecule has 7 nitrogen and oxygen atoms in total. The molecule has 2 aromatic carbocycles. The quantitative estimate of drug-likeness (QED) is 0.446. The highest BCUT2D eigenvalue weighted by Crippen LogP contribution is 2.26. The van der Waals surface area contributed by atoms with Crippen molar-refractivity contribution in [3.8, 4) is 11.5 Å². The summed E-state index contributed by atoms with van der Waals surface area (Å²) in [4.78, 5) is 11.9. The molecule has 1 amide bonds. The van der Waals surface area contributed by atoms with Gasteiger partial charge in [-0.2, -0.15) is 0 Å². The molecule has 0 aliphatic carbocycles. The topological polar surface area (TPSA) is 84.9 Å². The Bertz CT molecular complexity index is 1090. The van der Waals surface area contributed by atoms with Crippen molar-refractivity contribution in [3.05, 3.63) is 71.1 Å². The Morgan fingerprint density at radius 1 is 1.03 bits per heavy atom. The van der Waals surface area contributed by atoms with Crippen LogP contribution in [-0.2, 0) is 14.8 Å². The molecule has 0 saturated carbocycles. The molecule has 1 N–H and O–H groups in total. The summed E-state index contributed by atoms with van der Waals surface area (Å²) in [5, 5.41) is 5.04. The van der Waals surface area contributed by atoms with Gasteiger partial charge in [-0.1, -0.05) is 17.7 Å². The standard InChI is InChI=1S/C21H21ClN2O5S2/c1-24(31(26,27)21-3-2-14-30-21)17-6-10-19(11-7-17)29-15-20(25)23-12-13-28-18-8-4-16(22)5-9-18/h2-11,14H,12-13,15H2,1H3,(H,23,25). The zero-order valence-corrected chi connectivity index (χ0v) is 19.0. The molecule has 0 unspecified atom stereocenters. The Balaban J connectivity index is 1.42. The minimum Gasteiger partial charge on any atom is -0.492 e. The van der Waals surface area contributed by atoms with Crippen LogP contribution < -0.4 is 19.1 Å². The number of hydrogen-bond acceptors (Lipinski definition) is 6. The van der Waals surface area contributed by atoms with Gasteiger partial charge in [0.05, 0.1) is 12.2 Å². The molecule has 0 fully saturated rings. The number of hydrogen-bond donors (Lipinski definition) is 1. The first-order valence-electron chi connectivity index (χ1n) is 9.26. The molecule has 3 aromatic rings. The Kier molecular flexibility index (Phi) is 7.78. The molecule has 0 aliphatic rings. The van der Waals surface area contributed by atoms with Gasteiger partial charge in [-0.05, 0) is 60.0 Å². The van der Waals surface area contributed by atoms with Crippen LogP contribution in [0.2, 0.25) is 5.02 Å². The second-order valence-corrected chi connectivity index (χ2v) is 9.92. The van der Waals surface area contributed by atoms with E-state index in [2.05, 4.69) is 5.32 Å². The van der Waals surface area contributed by atoms with Gasteiger partial charge in [0.25, 0.3) is 15.9 Å². The minimum atomic E-state index is -3.59. The van der Waals surface area contributed by atoms with Crippen LogP contribution >= 0.6 is 22.9 Å². The van der Waals surface area contributed by atoms with Gasteiger partial charge in [-0.3, -0.25) is 9.10 Å². The van der Waals surface area contributed by atoms with Gasteiger partial charge in [-0.15, -0.1) is 11.3 Å². The van der Waals surface area contributed by atoms with E-state index in [0.29, 0.717) is 35.4 Å². The van der Waals surface area contributed by atoms with E-state index in [1.165, 1.54) is 11.4 Å². The summed E-state index contributed by atoms with van der Waals surface area (Å²) in [7, 11) is -2.10. The molecule has 0 saturated heterocycles. The Morgan fingerprint density at radius 3 is 2.32 bits per heavy atom. The van der Waals surface area contributed by atoms with Crippen LogP contribution in [0.1, 0.15) is 0 Å². The first kappa shape index (κ1) is 22.9. The first-order valence-corrected chi connectivity index (χ1v) is 12.0. The number of nitrogens with one attached hydrogen (secondary N) is 1. The number of anilines is 1. The molecule has 0 spiro atoms. The van der Waals surface area contributed by atoms with Crippen molar-refractivity contribution >= 4 is 44.6 Å². The van der Waals surface area contributed by atoms with E-state index in [9.17, 15) is 13.2 Å². The molecule has 0 aliphatic heterocycles. The monoisotopic (exact) mass is 480 g/mol. The fraction of sp³-hybridized carbons (Fsp3) is 0.190. The lowest BCUT2D eigenvalue weighted by atomic mass is 10.3.